The molecule has 3 unspecified atom stereocenters. The van der Waals surface area contributed by atoms with Crippen LogP contribution in [0.25, 0.3) is 0 Å². The Morgan fingerprint density at radius 1 is 1.03 bits per heavy atom. The number of fused-ring (bicyclic) bond motifs is 1. The van der Waals surface area contributed by atoms with E-state index < -0.39 is 0 Å². The van der Waals surface area contributed by atoms with Crippen LogP contribution in [0.15, 0.2) is 42.5 Å². The van der Waals surface area contributed by atoms with Crippen molar-refractivity contribution in [2.45, 2.75) is 38.6 Å². The van der Waals surface area contributed by atoms with Gasteiger partial charge in [-0.25, -0.2) is 4.98 Å². The zero-order chi connectivity index (χ0) is 25.6. The van der Waals surface area contributed by atoms with Crippen LogP contribution in [0.3, 0.4) is 0 Å². The predicted octanol–water partition coefficient (Wildman–Crippen LogP) is 3.27. The van der Waals surface area contributed by atoms with E-state index in [1.807, 2.05) is 29.2 Å². The summed E-state index contributed by atoms with van der Waals surface area (Å²) in [5, 5.41) is 3.10. The summed E-state index contributed by atoms with van der Waals surface area (Å²) < 4.78 is 0. The van der Waals surface area contributed by atoms with E-state index in [-0.39, 0.29) is 17.2 Å². The molecule has 2 amide bonds. The lowest BCUT2D eigenvalue weighted by Gasteiger charge is -2.22. The average Bonchev–Trinajstić information content (AvgIpc) is 3.23. The maximum atomic E-state index is 13.0. The molecule has 3 atom stereocenters. The van der Waals surface area contributed by atoms with Gasteiger partial charge in [0, 0.05) is 44.3 Å². The number of pyridine rings is 1. The molecule has 1 aliphatic carbocycles. The van der Waals surface area contributed by atoms with Crippen LogP contribution in [0, 0.1) is 17.8 Å². The SMILES string of the molecule is CN(C)C1CCN(c2cccc(C(=O)NCC3C4CN(C(=O)c5ccc(C(C)(C)C)cc5)CC34)n2)C1. The van der Waals surface area contributed by atoms with Crippen LogP contribution in [0.4, 0.5) is 5.82 Å². The van der Waals surface area contributed by atoms with Crippen LogP contribution < -0.4 is 10.2 Å². The highest BCUT2D eigenvalue weighted by molar-refractivity contribution is 5.94. The molecule has 1 aromatic heterocycles. The topological polar surface area (TPSA) is 68.8 Å². The monoisotopic (exact) mass is 489 g/mol. The first-order chi connectivity index (χ1) is 17.1. The van der Waals surface area contributed by atoms with Gasteiger partial charge in [-0.2, -0.15) is 0 Å². The van der Waals surface area contributed by atoms with Crippen molar-refractivity contribution in [3.63, 3.8) is 0 Å². The number of benzene rings is 1. The summed E-state index contributed by atoms with van der Waals surface area (Å²) >= 11 is 0. The Morgan fingerprint density at radius 3 is 2.33 bits per heavy atom. The van der Waals surface area contributed by atoms with Gasteiger partial charge in [0.25, 0.3) is 11.8 Å². The number of carbonyl (C=O) groups excluding carboxylic acids is 2. The van der Waals surface area contributed by atoms with E-state index in [1.54, 1.807) is 6.07 Å². The van der Waals surface area contributed by atoms with Crippen molar-refractivity contribution in [3.05, 3.63) is 59.3 Å². The average molecular weight is 490 g/mol. The molecule has 2 aliphatic heterocycles. The molecule has 5 rings (SSSR count). The molecule has 7 nitrogen and oxygen atoms in total. The van der Waals surface area contributed by atoms with Crippen LogP contribution in [0.1, 0.15) is 53.6 Å². The number of hydrogen-bond acceptors (Lipinski definition) is 5. The fourth-order valence-corrected chi connectivity index (χ4v) is 5.81. The maximum Gasteiger partial charge on any atom is 0.269 e. The lowest BCUT2D eigenvalue weighted by Crippen LogP contribution is -2.34. The highest BCUT2D eigenvalue weighted by Gasteiger charge is 2.56. The number of nitrogens with one attached hydrogen (secondary N) is 1. The molecule has 1 saturated carbocycles. The zero-order valence-corrected chi connectivity index (χ0v) is 22.2. The van der Waals surface area contributed by atoms with Gasteiger partial charge in [0.05, 0.1) is 0 Å². The number of rotatable bonds is 6. The van der Waals surface area contributed by atoms with Crippen molar-refractivity contribution >= 4 is 17.6 Å². The van der Waals surface area contributed by atoms with E-state index in [4.69, 9.17) is 0 Å². The molecule has 0 spiro atoms. The Kier molecular flexibility index (Phi) is 6.54. The number of likely N-dealkylation sites (N-methyl/N-ethyl adjacent to an activating group) is 1. The third-order valence-corrected chi connectivity index (χ3v) is 8.34. The molecule has 1 aromatic carbocycles. The van der Waals surface area contributed by atoms with Gasteiger partial charge >= 0.3 is 0 Å². The highest BCUT2D eigenvalue weighted by Crippen LogP contribution is 2.51. The molecular weight excluding hydrogens is 450 g/mol. The fourth-order valence-electron chi connectivity index (χ4n) is 5.81. The lowest BCUT2D eigenvalue weighted by atomic mass is 9.86. The first-order valence-electron chi connectivity index (χ1n) is 13.2. The van der Waals surface area contributed by atoms with Crippen LogP contribution in [-0.2, 0) is 5.41 Å². The summed E-state index contributed by atoms with van der Waals surface area (Å²) in [7, 11) is 4.22. The summed E-state index contributed by atoms with van der Waals surface area (Å²) in [4.78, 5) is 36.9. The predicted molar refractivity (Wildman–Crippen MR) is 142 cm³/mol. The molecule has 3 fully saturated rings. The van der Waals surface area contributed by atoms with Crippen LogP contribution >= 0.6 is 0 Å². The van der Waals surface area contributed by atoms with Gasteiger partial charge in [-0.15, -0.1) is 0 Å². The number of amides is 2. The second-order valence-electron chi connectivity index (χ2n) is 12.0. The molecule has 0 bridgehead atoms. The summed E-state index contributed by atoms with van der Waals surface area (Å²) in [5.74, 6) is 2.29. The number of aromatic nitrogens is 1. The molecule has 2 saturated heterocycles. The van der Waals surface area contributed by atoms with Gasteiger partial charge in [-0.05, 0) is 73.5 Å². The van der Waals surface area contributed by atoms with Crippen LogP contribution in [0.5, 0.6) is 0 Å². The molecule has 3 heterocycles. The van der Waals surface area contributed by atoms with E-state index in [9.17, 15) is 9.59 Å². The Labute approximate surface area is 214 Å². The lowest BCUT2D eigenvalue weighted by molar-refractivity contribution is 0.0765. The Bertz CT molecular complexity index is 1110. The normalized spacial score (nSPS) is 25.3. The number of hydrogen-bond donors (Lipinski definition) is 1. The van der Waals surface area contributed by atoms with Gasteiger partial charge in [-0.1, -0.05) is 39.0 Å². The van der Waals surface area contributed by atoms with E-state index in [1.165, 1.54) is 5.56 Å². The quantitative estimate of drug-likeness (QED) is 0.675. The number of piperidine rings is 1. The molecular formula is C29H39N5O2. The van der Waals surface area contributed by atoms with Crippen molar-refractivity contribution < 1.29 is 9.59 Å². The van der Waals surface area contributed by atoms with Crippen molar-refractivity contribution in [2.24, 2.45) is 17.8 Å². The van der Waals surface area contributed by atoms with Crippen LogP contribution in [0.2, 0.25) is 0 Å². The third-order valence-electron chi connectivity index (χ3n) is 8.34. The Balaban J connectivity index is 1.10. The minimum Gasteiger partial charge on any atom is -0.355 e. The van der Waals surface area contributed by atoms with Crippen LogP contribution in [-0.4, -0.2) is 79.5 Å². The molecule has 1 N–H and O–H groups in total. The maximum absolute atomic E-state index is 13.0. The minimum absolute atomic E-state index is 0.0780. The summed E-state index contributed by atoms with van der Waals surface area (Å²) in [5.41, 5.74) is 2.55. The number of nitrogens with zero attached hydrogens (tertiary/aromatic N) is 4. The Morgan fingerprint density at radius 2 is 1.72 bits per heavy atom. The molecule has 7 heteroatoms. The van der Waals surface area contributed by atoms with Crippen molar-refractivity contribution in [2.75, 3.05) is 51.7 Å². The summed E-state index contributed by atoms with van der Waals surface area (Å²) in [6.45, 7) is 10.6. The van der Waals surface area contributed by atoms with Gasteiger partial charge in [0.15, 0.2) is 0 Å². The first kappa shape index (κ1) is 24.8. The van der Waals surface area contributed by atoms with E-state index >= 15 is 0 Å². The Hall–Kier alpha value is -2.93. The number of carbonyl (C=O) groups is 2. The van der Waals surface area contributed by atoms with Gasteiger partial charge in [0.1, 0.15) is 11.5 Å². The fraction of sp³-hybridized carbons (Fsp3) is 0.552. The minimum atomic E-state index is -0.114. The summed E-state index contributed by atoms with van der Waals surface area (Å²) in [6, 6.07) is 14.3. The molecule has 36 heavy (non-hydrogen) atoms. The second-order valence-corrected chi connectivity index (χ2v) is 12.0. The smallest absolute Gasteiger partial charge is 0.269 e. The van der Waals surface area contributed by atoms with Crippen molar-refractivity contribution in [1.29, 1.82) is 0 Å². The number of anilines is 1. The zero-order valence-electron chi connectivity index (χ0n) is 22.2. The van der Waals surface area contributed by atoms with Gasteiger partial charge in [-0.3, -0.25) is 9.59 Å². The largest absolute Gasteiger partial charge is 0.355 e. The standard InChI is InChI=1S/C29H39N5O2/c1-29(2,3)20-11-9-19(10-12-20)28(36)34-17-23-22(24(23)18-34)15-30-27(35)25-7-6-8-26(31-25)33-14-13-21(16-33)32(4)5/h6-12,21-24H,13-18H2,1-5H3,(H,30,35). The molecule has 0 radical (unpaired) electrons. The molecule has 3 aliphatic rings. The molecule has 2 aromatic rings. The van der Waals surface area contributed by atoms with Crippen molar-refractivity contribution in [3.8, 4) is 0 Å². The second kappa shape index (κ2) is 9.51. The van der Waals surface area contributed by atoms with Gasteiger partial charge < -0.3 is 20.0 Å². The summed E-state index contributed by atoms with van der Waals surface area (Å²) in [6.07, 6.45) is 1.11. The van der Waals surface area contributed by atoms with E-state index in [0.29, 0.717) is 36.0 Å². The highest BCUT2D eigenvalue weighted by atomic mass is 16.2. The molecule has 192 valence electrons. The third kappa shape index (κ3) is 4.99. The number of likely N-dealkylation sites (tertiary alicyclic amines) is 1. The van der Waals surface area contributed by atoms with Gasteiger partial charge in [0.2, 0.25) is 0 Å². The van der Waals surface area contributed by atoms with Crippen molar-refractivity contribution in [1.82, 2.24) is 20.1 Å². The van der Waals surface area contributed by atoms with E-state index in [0.717, 1.165) is 44.0 Å². The first-order valence-corrected chi connectivity index (χ1v) is 13.2. The van der Waals surface area contributed by atoms with E-state index in [2.05, 4.69) is 67.1 Å².